The van der Waals surface area contributed by atoms with E-state index in [9.17, 15) is 0 Å². The van der Waals surface area contributed by atoms with Gasteiger partial charge in [-0.05, 0) is 41.0 Å². The summed E-state index contributed by atoms with van der Waals surface area (Å²) in [5.41, 5.74) is 12.7. The molecule has 0 spiro atoms. The maximum Gasteiger partial charge on any atom is 0.205 e. The second-order valence-corrected chi connectivity index (χ2v) is 7.94. The number of nitrogen functional groups attached to an aromatic ring is 1. The first kappa shape index (κ1) is 21.4. The summed E-state index contributed by atoms with van der Waals surface area (Å²) in [6, 6.07) is 24.3. The van der Waals surface area contributed by atoms with Crippen LogP contribution in [0.5, 0.6) is 11.5 Å². The van der Waals surface area contributed by atoms with Crippen LogP contribution in [-0.4, -0.2) is 18.3 Å². The number of para-hydroxylation sites is 1. The topological polar surface area (TPSA) is 81.8 Å². The highest BCUT2D eigenvalue weighted by molar-refractivity contribution is 7.14. The second kappa shape index (κ2) is 10.5. The van der Waals surface area contributed by atoms with Crippen molar-refractivity contribution in [2.75, 3.05) is 18.3 Å². The third-order valence-corrected chi connectivity index (χ3v) is 5.56. The van der Waals surface area contributed by atoms with Gasteiger partial charge in [-0.15, -0.1) is 11.3 Å². The van der Waals surface area contributed by atoms with Gasteiger partial charge in [0.1, 0.15) is 23.9 Å². The van der Waals surface area contributed by atoms with E-state index in [0.29, 0.717) is 17.6 Å². The van der Waals surface area contributed by atoms with Crippen LogP contribution in [0.15, 0.2) is 83.3 Å². The van der Waals surface area contributed by atoms with Crippen molar-refractivity contribution < 1.29 is 9.47 Å². The van der Waals surface area contributed by atoms with Gasteiger partial charge in [-0.1, -0.05) is 48.5 Å². The summed E-state index contributed by atoms with van der Waals surface area (Å²) in [6.45, 7) is 0.382. The first-order chi connectivity index (χ1) is 15.7. The van der Waals surface area contributed by atoms with Crippen LogP contribution in [0.3, 0.4) is 0 Å². The predicted molar refractivity (Wildman–Crippen MR) is 131 cm³/mol. The van der Waals surface area contributed by atoms with Gasteiger partial charge in [-0.2, -0.15) is 5.10 Å². The Kier molecular flexibility index (Phi) is 6.99. The zero-order valence-corrected chi connectivity index (χ0v) is 18.5. The van der Waals surface area contributed by atoms with E-state index in [1.54, 1.807) is 18.7 Å². The summed E-state index contributed by atoms with van der Waals surface area (Å²) in [5.74, 6) is 2.10. The molecule has 7 heteroatoms. The molecule has 0 bridgehead atoms. The third kappa shape index (κ3) is 5.65. The lowest BCUT2D eigenvalue weighted by atomic mass is 10.0. The normalized spacial score (nSPS) is 10.9. The lowest BCUT2D eigenvalue weighted by molar-refractivity contribution is 0.294. The monoisotopic (exact) mass is 444 g/mol. The quantitative estimate of drug-likeness (QED) is 0.269. The molecule has 1 heterocycles. The highest BCUT2D eigenvalue weighted by Gasteiger charge is 2.08. The Morgan fingerprint density at radius 2 is 1.81 bits per heavy atom. The Hall–Kier alpha value is -3.84. The van der Waals surface area contributed by atoms with Crippen LogP contribution in [0, 0.1) is 0 Å². The van der Waals surface area contributed by atoms with Crippen molar-refractivity contribution in [2.45, 2.75) is 13.0 Å². The molecule has 0 aliphatic rings. The predicted octanol–water partition coefficient (Wildman–Crippen LogP) is 5.35. The SMILES string of the molecule is COc1ccc(C=NNc2nc(N)cs2)cc1COc1ccccc1Cc1ccccc1. The van der Waals surface area contributed by atoms with Crippen LogP contribution in [0.4, 0.5) is 10.9 Å². The van der Waals surface area contributed by atoms with Crippen LogP contribution in [-0.2, 0) is 13.0 Å². The van der Waals surface area contributed by atoms with Crippen LogP contribution in [0.25, 0.3) is 0 Å². The van der Waals surface area contributed by atoms with Gasteiger partial charge in [0.05, 0.1) is 13.3 Å². The number of hydrazone groups is 1. The van der Waals surface area contributed by atoms with Crippen LogP contribution in [0.2, 0.25) is 0 Å². The summed E-state index contributed by atoms with van der Waals surface area (Å²) in [7, 11) is 1.66. The molecular weight excluding hydrogens is 420 g/mol. The Bertz CT molecular complexity index is 1190. The first-order valence-electron chi connectivity index (χ1n) is 10.1. The first-order valence-corrected chi connectivity index (χ1v) is 11.0. The molecule has 6 nitrogen and oxygen atoms in total. The largest absolute Gasteiger partial charge is 0.496 e. The lowest BCUT2D eigenvalue weighted by Crippen LogP contribution is -2.02. The van der Waals surface area contributed by atoms with Gasteiger partial charge >= 0.3 is 0 Å². The van der Waals surface area contributed by atoms with E-state index in [0.717, 1.165) is 34.6 Å². The fourth-order valence-electron chi connectivity index (χ4n) is 3.25. The van der Waals surface area contributed by atoms with Crippen LogP contribution in [0.1, 0.15) is 22.3 Å². The summed E-state index contributed by atoms with van der Waals surface area (Å²) in [5, 5.41) is 6.64. The number of rotatable bonds is 9. The highest BCUT2D eigenvalue weighted by atomic mass is 32.1. The molecule has 1 aromatic heterocycles. The number of aromatic nitrogens is 1. The van der Waals surface area contributed by atoms with Crippen molar-refractivity contribution in [3.8, 4) is 11.5 Å². The van der Waals surface area contributed by atoms with Crippen molar-refractivity contribution in [1.29, 1.82) is 0 Å². The number of nitrogens with zero attached hydrogens (tertiary/aromatic N) is 2. The average molecular weight is 445 g/mol. The van der Waals surface area contributed by atoms with Gasteiger partial charge in [-0.25, -0.2) is 4.98 Å². The molecule has 4 aromatic rings. The second-order valence-electron chi connectivity index (χ2n) is 7.08. The smallest absolute Gasteiger partial charge is 0.205 e. The Morgan fingerprint density at radius 3 is 2.59 bits per heavy atom. The number of benzene rings is 3. The van der Waals surface area contributed by atoms with E-state index in [1.807, 2.05) is 42.5 Å². The van der Waals surface area contributed by atoms with Crippen molar-refractivity contribution in [3.63, 3.8) is 0 Å². The number of nitrogens with one attached hydrogen (secondary N) is 1. The maximum atomic E-state index is 6.21. The highest BCUT2D eigenvalue weighted by Crippen LogP contribution is 2.25. The van der Waals surface area contributed by atoms with E-state index >= 15 is 0 Å². The van der Waals surface area contributed by atoms with E-state index in [-0.39, 0.29) is 0 Å². The fraction of sp³-hybridized carbons (Fsp3) is 0.120. The van der Waals surface area contributed by atoms with Crippen molar-refractivity contribution in [1.82, 2.24) is 4.98 Å². The number of thiazole rings is 1. The fourth-order valence-corrected chi connectivity index (χ4v) is 3.80. The summed E-state index contributed by atoms with van der Waals surface area (Å²) in [4.78, 5) is 4.12. The average Bonchev–Trinajstić information content (AvgIpc) is 3.24. The number of nitrogens with two attached hydrogens (primary N) is 1. The molecule has 0 aliphatic heterocycles. The molecule has 0 saturated carbocycles. The third-order valence-electron chi connectivity index (χ3n) is 4.79. The molecule has 0 saturated heterocycles. The molecule has 0 fully saturated rings. The molecule has 32 heavy (non-hydrogen) atoms. The van der Waals surface area contributed by atoms with Crippen molar-refractivity contribution in [3.05, 3.63) is 100 Å². The summed E-state index contributed by atoms with van der Waals surface area (Å²) < 4.78 is 11.7. The molecule has 0 atom stereocenters. The molecule has 0 amide bonds. The number of ether oxygens (including phenoxy) is 2. The van der Waals surface area contributed by atoms with E-state index in [4.69, 9.17) is 15.2 Å². The zero-order valence-electron chi connectivity index (χ0n) is 17.7. The minimum atomic E-state index is 0.382. The minimum absolute atomic E-state index is 0.382. The van der Waals surface area contributed by atoms with E-state index in [1.165, 1.54) is 16.9 Å². The van der Waals surface area contributed by atoms with Crippen LogP contribution >= 0.6 is 11.3 Å². The molecule has 162 valence electrons. The van der Waals surface area contributed by atoms with Gasteiger partial charge in [0, 0.05) is 17.4 Å². The van der Waals surface area contributed by atoms with Crippen LogP contribution < -0.4 is 20.6 Å². The number of hydrogen-bond acceptors (Lipinski definition) is 7. The van der Waals surface area contributed by atoms with Gasteiger partial charge in [0.2, 0.25) is 5.13 Å². The lowest BCUT2D eigenvalue weighted by Gasteiger charge is -2.14. The van der Waals surface area contributed by atoms with E-state index in [2.05, 4.69) is 45.8 Å². The molecule has 0 aliphatic carbocycles. The van der Waals surface area contributed by atoms with Crippen molar-refractivity contribution >= 4 is 28.5 Å². The number of hydrogen-bond donors (Lipinski definition) is 2. The zero-order chi connectivity index (χ0) is 22.2. The Morgan fingerprint density at radius 1 is 1.00 bits per heavy atom. The summed E-state index contributed by atoms with van der Waals surface area (Å²) in [6.07, 6.45) is 2.54. The summed E-state index contributed by atoms with van der Waals surface area (Å²) >= 11 is 1.40. The molecule has 3 aromatic carbocycles. The number of anilines is 2. The minimum Gasteiger partial charge on any atom is -0.496 e. The maximum absolute atomic E-state index is 6.21. The molecule has 3 N–H and O–H groups in total. The Balaban J connectivity index is 1.46. The van der Waals surface area contributed by atoms with Gasteiger partial charge in [0.15, 0.2) is 0 Å². The molecule has 4 rings (SSSR count). The van der Waals surface area contributed by atoms with Crippen molar-refractivity contribution in [2.24, 2.45) is 5.10 Å². The van der Waals surface area contributed by atoms with Gasteiger partial charge in [-0.3, -0.25) is 5.43 Å². The molecular formula is C25H24N4O2S. The van der Waals surface area contributed by atoms with Gasteiger partial charge in [0.25, 0.3) is 0 Å². The van der Waals surface area contributed by atoms with E-state index < -0.39 is 0 Å². The molecule has 0 unspecified atom stereocenters. The Labute approximate surface area is 191 Å². The standard InChI is InChI=1S/C25H24N4O2S/c1-30-22-12-11-19(15-27-29-25-28-24(26)17-32-25)14-21(22)16-31-23-10-6-5-9-20(23)13-18-7-3-2-4-8-18/h2-12,14-15,17H,13,16,26H2,1H3,(H,28,29). The number of methoxy groups -OCH3 is 1. The molecule has 0 radical (unpaired) electrons. The van der Waals surface area contributed by atoms with Gasteiger partial charge < -0.3 is 15.2 Å².